The quantitative estimate of drug-likeness (QED) is 0.862. The second-order valence-corrected chi connectivity index (χ2v) is 6.50. The van der Waals surface area contributed by atoms with E-state index < -0.39 is 21.4 Å². The highest BCUT2D eigenvalue weighted by Crippen LogP contribution is 2.16. The lowest BCUT2D eigenvalue weighted by atomic mass is 10.1. The summed E-state index contributed by atoms with van der Waals surface area (Å²) < 4.78 is 39.6. The van der Waals surface area contributed by atoms with Gasteiger partial charge in [0.05, 0.1) is 4.90 Å². The zero-order chi connectivity index (χ0) is 13.3. The van der Waals surface area contributed by atoms with Crippen LogP contribution in [-0.4, -0.2) is 14.0 Å². The molecule has 17 heavy (non-hydrogen) atoms. The molecule has 0 saturated carbocycles. The van der Waals surface area contributed by atoms with Crippen molar-refractivity contribution in [1.29, 1.82) is 0 Å². The number of hydrogen-bond donors (Lipinski definition) is 2. The Labute approximate surface area is 101 Å². The van der Waals surface area contributed by atoms with E-state index in [1.54, 1.807) is 20.8 Å². The topological polar surface area (TPSA) is 72.2 Å². The van der Waals surface area contributed by atoms with Crippen molar-refractivity contribution in [2.75, 3.05) is 0 Å². The predicted octanol–water partition coefficient (Wildman–Crippen LogP) is 1.36. The van der Waals surface area contributed by atoms with Gasteiger partial charge >= 0.3 is 0 Å². The fourth-order valence-electron chi connectivity index (χ4n) is 1.34. The first-order valence-corrected chi connectivity index (χ1v) is 6.66. The predicted molar refractivity (Wildman–Crippen MR) is 64.4 cm³/mol. The Hall–Kier alpha value is -0.980. The van der Waals surface area contributed by atoms with E-state index in [4.69, 9.17) is 5.73 Å². The van der Waals surface area contributed by atoms with E-state index in [-0.39, 0.29) is 17.0 Å². The molecule has 1 rings (SSSR count). The van der Waals surface area contributed by atoms with E-state index in [0.717, 1.165) is 6.07 Å². The zero-order valence-electron chi connectivity index (χ0n) is 10.1. The largest absolute Gasteiger partial charge is 0.326 e. The first-order chi connectivity index (χ1) is 7.65. The summed E-state index contributed by atoms with van der Waals surface area (Å²) in [4.78, 5) is 0.0225. The minimum absolute atomic E-state index is 0.0225. The summed E-state index contributed by atoms with van der Waals surface area (Å²) in [5, 5.41) is 0. The van der Waals surface area contributed by atoms with Crippen LogP contribution in [0.1, 0.15) is 26.3 Å². The fourth-order valence-corrected chi connectivity index (χ4v) is 2.81. The molecule has 6 heteroatoms. The molecule has 0 bridgehead atoms. The third-order valence-electron chi connectivity index (χ3n) is 1.99. The Morgan fingerprint density at radius 3 is 2.41 bits per heavy atom. The molecule has 0 fully saturated rings. The SMILES string of the molecule is CC(C)(C)NS(=O)(=O)c1ccc(F)c(CN)c1. The summed E-state index contributed by atoms with van der Waals surface area (Å²) in [6, 6.07) is 3.59. The molecular formula is C11H17FN2O2S. The minimum Gasteiger partial charge on any atom is -0.326 e. The molecule has 0 aliphatic carbocycles. The molecule has 4 nitrogen and oxygen atoms in total. The highest BCUT2D eigenvalue weighted by molar-refractivity contribution is 7.89. The third-order valence-corrected chi connectivity index (χ3v) is 3.74. The first kappa shape index (κ1) is 14.1. The van der Waals surface area contributed by atoms with Gasteiger partial charge in [-0.05, 0) is 39.0 Å². The van der Waals surface area contributed by atoms with E-state index in [2.05, 4.69) is 4.72 Å². The van der Waals surface area contributed by atoms with Crippen molar-refractivity contribution in [3.05, 3.63) is 29.6 Å². The Balaban J connectivity index is 3.16. The zero-order valence-corrected chi connectivity index (χ0v) is 10.9. The number of halogens is 1. The molecule has 0 amide bonds. The molecule has 1 aromatic rings. The smallest absolute Gasteiger partial charge is 0.241 e. The van der Waals surface area contributed by atoms with Gasteiger partial charge in [-0.25, -0.2) is 17.5 Å². The van der Waals surface area contributed by atoms with Gasteiger partial charge in [-0.15, -0.1) is 0 Å². The van der Waals surface area contributed by atoms with E-state index in [0.29, 0.717) is 0 Å². The van der Waals surface area contributed by atoms with Gasteiger partial charge in [0.2, 0.25) is 10.0 Å². The summed E-state index contributed by atoms with van der Waals surface area (Å²) in [7, 11) is -3.64. The maximum Gasteiger partial charge on any atom is 0.241 e. The van der Waals surface area contributed by atoms with Crippen LogP contribution in [0.4, 0.5) is 4.39 Å². The average molecular weight is 260 g/mol. The van der Waals surface area contributed by atoms with Crippen molar-refractivity contribution >= 4 is 10.0 Å². The van der Waals surface area contributed by atoms with Crippen LogP contribution in [0.2, 0.25) is 0 Å². The molecule has 0 spiro atoms. The Morgan fingerprint density at radius 2 is 1.94 bits per heavy atom. The molecule has 0 heterocycles. The van der Waals surface area contributed by atoms with Crippen LogP contribution < -0.4 is 10.5 Å². The molecule has 0 unspecified atom stereocenters. The van der Waals surface area contributed by atoms with Crippen LogP contribution in [0.25, 0.3) is 0 Å². The van der Waals surface area contributed by atoms with Crippen LogP contribution >= 0.6 is 0 Å². The van der Waals surface area contributed by atoms with Crippen molar-refractivity contribution in [3.63, 3.8) is 0 Å². The first-order valence-electron chi connectivity index (χ1n) is 5.18. The molecule has 0 aromatic heterocycles. The number of sulfonamides is 1. The molecule has 0 aliphatic heterocycles. The van der Waals surface area contributed by atoms with Gasteiger partial charge in [0.25, 0.3) is 0 Å². The van der Waals surface area contributed by atoms with Crippen LogP contribution in [0.5, 0.6) is 0 Å². The Kier molecular flexibility index (Phi) is 3.91. The van der Waals surface area contributed by atoms with E-state index in [9.17, 15) is 12.8 Å². The standard InChI is InChI=1S/C11H17FN2O2S/c1-11(2,3)14-17(15,16)9-4-5-10(12)8(6-9)7-13/h4-6,14H,7,13H2,1-3H3. The van der Waals surface area contributed by atoms with Crippen molar-refractivity contribution in [1.82, 2.24) is 4.72 Å². The molecular weight excluding hydrogens is 243 g/mol. The van der Waals surface area contributed by atoms with Gasteiger partial charge in [0.15, 0.2) is 0 Å². The van der Waals surface area contributed by atoms with E-state index in [1.807, 2.05) is 0 Å². The maximum absolute atomic E-state index is 13.2. The van der Waals surface area contributed by atoms with Gasteiger partial charge in [-0.1, -0.05) is 0 Å². The van der Waals surface area contributed by atoms with Gasteiger partial charge in [0.1, 0.15) is 5.82 Å². The second kappa shape index (κ2) is 4.72. The fraction of sp³-hybridized carbons (Fsp3) is 0.455. The van der Waals surface area contributed by atoms with Gasteiger partial charge < -0.3 is 5.73 Å². The van der Waals surface area contributed by atoms with Gasteiger partial charge in [0, 0.05) is 17.6 Å². The number of hydrogen-bond acceptors (Lipinski definition) is 3. The minimum atomic E-state index is -3.64. The molecule has 1 aromatic carbocycles. The molecule has 0 saturated heterocycles. The Morgan fingerprint density at radius 1 is 1.35 bits per heavy atom. The Bertz CT molecular complexity index is 507. The maximum atomic E-state index is 13.2. The molecule has 96 valence electrons. The highest BCUT2D eigenvalue weighted by atomic mass is 32.2. The van der Waals surface area contributed by atoms with Crippen molar-refractivity contribution < 1.29 is 12.8 Å². The van der Waals surface area contributed by atoms with Crippen molar-refractivity contribution in [2.24, 2.45) is 5.73 Å². The van der Waals surface area contributed by atoms with Crippen LogP contribution in [0, 0.1) is 5.82 Å². The summed E-state index contributed by atoms with van der Waals surface area (Å²) in [5.74, 6) is -0.498. The third kappa shape index (κ3) is 3.76. The normalized spacial score (nSPS) is 12.8. The summed E-state index contributed by atoms with van der Waals surface area (Å²) >= 11 is 0. The lowest BCUT2D eigenvalue weighted by molar-refractivity contribution is 0.491. The number of benzene rings is 1. The number of rotatable bonds is 3. The monoisotopic (exact) mass is 260 g/mol. The second-order valence-electron chi connectivity index (χ2n) is 4.81. The lowest BCUT2D eigenvalue weighted by Gasteiger charge is -2.20. The molecule has 0 atom stereocenters. The van der Waals surface area contributed by atoms with Crippen molar-refractivity contribution in [2.45, 2.75) is 37.8 Å². The summed E-state index contributed by atoms with van der Waals surface area (Å²) in [5.41, 5.74) is 4.93. The number of nitrogens with two attached hydrogens (primary N) is 1. The van der Waals surface area contributed by atoms with Crippen LogP contribution in [-0.2, 0) is 16.6 Å². The van der Waals surface area contributed by atoms with Gasteiger partial charge in [-0.3, -0.25) is 0 Å². The van der Waals surface area contributed by atoms with Crippen LogP contribution in [0.15, 0.2) is 23.1 Å². The highest BCUT2D eigenvalue weighted by Gasteiger charge is 2.22. The average Bonchev–Trinajstić information content (AvgIpc) is 2.14. The number of nitrogens with one attached hydrogen (secondary N) is 1. The molecule has 3 N–H and O–H groups in total. The molecule has 0 radical (unpaired) electrons. The summed E-state index contributed by atoms with van der Waals surface area (Å²) in [6.07, 6.45) is 0. The van der Waals surface area contributed by atoms with E-state index >= 15 is 0 Å². The van der Waals surface area contributed by atoms with Crippen LogP contribution in [0.3, 0.4) is 0 Å². The van der Waals surface area contributed by atoms with Crippen molar-refractivity contribution in [3.8, 4) is 0 Å². The summed E-state index contributed by atoms with van der Waals surface area (Å²) in [6.45, 7) is 5.17. The molecule has 0 aliphatic rings. The van der Waals surface area contributed by atoms with E-state index in [1.165, 1.54) is 12.1 Å². The van der Waals surface area contributed by atoms with Gasteiger partial charge in [-0.2, -0.15) is 0 Å². The lowest BCUT2D eigenvalue weighted by Crippen LogP contribution is -2.40.